The zero-order chi connectivity index (χ0) is 14.3. The van der Waals surface area contributed by atoms with Gasteiger partial charge in [-0.05, 0) is 45.9 Å². The van der Waals surface area contributed by atoms with E-state index >= 15 is 0 Å². The van der Waals surface area contributed by atoms with E-state index in [1.54, 1.807) is 5.56 Å². The van der Waals surface area contributed by atoms with Crippen LogP contribution in [0.3, 0.4) is 0 Å². The van der Waals surface area contributed by atoms with Crippen LogP contribution in [0.25, 0.3) is 18.2 Å². The molecule has 3 aliphatic carbocycles. The molecule has 0 spiro atoms. The van der Waals surface area contributed by atoms with Gasteiger partial charge in [-0.25, -0.2) is 0 Å². The second-order valence-electron chi connectivity index (χ2n) is 6.47. The molecule has 0 amide bonds. The average Bonchev–Trinajstić information content (AvgIpc) is 3.21. The van der Waals surface area contributed by atoms with Crippen LogP contribution in [0.15, 0.2) is 30.4 Å². The van der Waals surface area contributed by atoms with Crippen LogP contribution in [0.4, 0.5) is 0 Å². The highest BCUT2D eigenvalue weighted by Gasteiger charge is 2.39. The summed E-state index contributed by atoms with van der Waals surface area (Å²) < 4.78 is 0. The van der Waals surface area contributed by atoms with E-state index in [9.17, 15) is 0 Å². The monoisotopic (exact) mass is 264 g/mol. The van der Waals surface area contributed by atoms with E-state index in [-0.39, 0.29) is 5.41 Å². The van der Waals surface area contributed by atoms with Crippen molar-refractivity contribution in [2.45, 2.75) is 40.0 Å². The van der Waals surface area contributed by atoms with Gasteiger partial charge in [0.2, 0.25) is 0 Å². The molecule has 3 aliphatic rings. The molecule has 0 heterocycles. The zero-order valence-corrected chi connectivity index (χ0v) is 13.0. The Hall–Kier alpha value is -1.56. The van der Waals surface area contributed by atoms with Crippen LogP contribution in [0, 0.1) is 11.3 Å². The van der Waals surface area contributed by atoms with Gasteiger partial charge < -0.3 is 0 Å². The van der Waals surface area contributed by atoms with E-state index in [1.807, 2.05) is 13.8 Å². The van der Waals surface area contributed by atoms with Crippen molar-refractivity contribution in [1.29, 1.82) is 0 Å². The quantitative estimate of drug-likeness (QED) is 0.664. The van der Waals surface area contributed by atoms with Gasteiger partial charge in [-0.15, -0.1) is 0 Å². The highest BCUT2D eigenvalue weighted by atomic mass is 14.4. The molecule has 2 unspecified atom stereocenters. The van der Waals surface area contributed by atoms with Crippen LogP contribution < -0.4 is 10.4 Å². The maximum atomic E-state index is 2.42. The molecule has 1 saturated carbocycles. The molecule has 0 N–H and O–H groups in total. The summed E-state index contributed by atoms with van der Waals surface area (Å²) in [7, 11) is 0. The first-order chi connectivity index (χ1) is 9.62. The minimum atomic E-state index is 0.149. The standard InChI is InChI=1S/C18H18.C2H6/c1-18(2)7-3-4-12-9-16-13(8-15(12)11-18)5-6-14-10-17(14)16;1-2/h3-9,11,14,17H,10H2,1-2H3;1-2H3. The fourth-order valence-electron chi connectivity index (χ4n) is 3.26. The molecule has 4 rings (SSSR count). The molecule has 0 saturated heterocycles. The molecule has 0 bridgehead atoms. The third kappa shape index (κ3) is 2.28. The van der Waals surface area contributed by atoms with Gasteiger partial charge in [0, 0.05) is 5.41 Å². The number of fused-ring (bicyclic) bond motifs is 4. The summed E-state index contributed by atoms with van der Waals surface area (Å²) >= 11 is 0. The van der Waals surface area contributed by atoms with Crippen LogP contribution in [0.5, 0.6) is 0 Å². The second kappa shape index (κ2) is 4.77. The number of hydrogen-bond acceptors (Lipinski definition) is 0. The summed E-state index contributed by atoms with van der Waals surface area (Å²) in [5, 5.41) is 2.77. The van der Waals surface area contributed by atoms with E-state index in [2.05, 4.69) is 62.4 Å². The first-order valence-corrected chi connectivity index (χ1v) is 7.87. The lowest BCUT2D eigenvalue weighted by Gasteiger charge is -2.14. The summed E-state index contributed by atoms with van der Waals surface area (Å²) in [6.45, 7) is 8.53. The van der Waals surface area contributed by atoms with E-state index in [4.69, 9.17) is 0 Å². The predicted octanol–water partition coefficient (Wildman–Crippen LogP) is 4.00. The Morgan fingerprint density at radius 1 is 1.10 bits per heavy atom. The van der Waals surface area contributed by atoms with Crippen molar-refractivity contribution in [3.8, 4) is 0 Å². The summed E-state index contributed by atoms with van der Waals surface area (Å²) in [4.78, 5) is 0. The van der Waals surface area contributed by atoms with Crippen molar-refractivity contribution in [3.63, 3.8) is 0 Å². The first-order valence-electron chi connectivity index (χ1n) is 7.87. The first kappa shape index (κ1) is 13.4. The highest BCUT2D eigenvalue weighted by Crippen LogP contribution is 2.51. The molecule has 0 aromatic heterocycles. The van der Waals surface area contributed by atoms with E-state index < -0.39 is 0 Å². The molecule has 1 fully saturated rings. The summed E-state index contributed by atoms with van der Waals surface area (Å²) in [5.74, 6) is 1.64. The van der Waals surface area contributed by atoms with Gasteiger partial charge in [0.1, 0.15) is 0 Å². The Bertz CT molecular complexity index is 698. The predicted molar refractivity (Wildman–Crippen MR) is 88.8 cm³/mol. The van der Waals surface area contributed by atoms with Crippen molar-refractivity contribution in [1.82, 2.24) is 0 Å². The lowest BCUT2D eigenvalue weighted by Crippen LogP contribution is -2.27. The molecule has 0 aliphatic heterocycles. The number of hydrogen-bond donors (Lipinski definition) is 0. The van der Waals surface area contributed by atoms with Crippen molar-refractivity contribution < 1.29 is 0 Å². The van der Waals surface area contributed by atoms with E-state index in [0.29, 0.717) is 0 Å². The SMILES string of the molecule is CC.CC1(C)C=CC=c2cc3c(cc2=C1)C=CC1CC31. The van der Waals surface area contributed by atoms with Crippen LogP contribution in [-0.4, -0.2) is 0 Å². The van der Waals surface area contributed by atoms with Crippen molar-refractivity contribution in [2.75, 3.05) is 0 Å². The smallest absolute Gasteiger partial charge is 0.00167 e. The van der Waals surface area contributed by atoms with Gasteiger partial charge in [0.05, 0.1) is 0 Å². The minimum absolute atomic E-state index is 0.149. The molecule has 1 aromatic rings. The molecular formula is C20H24. The lowest BCUT2D eigenvalue weighted by molar-refractivity contribution is 0.670. The number of rotatable bonds is 0. The third-order valence-electron chi connectivity index (χ3n) is 4.38. The van der Waals surface area contributed by atoms with Gasteiger partial charge in [-0.2, -0.15) is 0 Å². The van der Waals surface area contributed by atoms with Crippen molar-refractivity contribution in [3.05, 3.63) is 51.9 Å². The molecule has 104 valence electrons. The summed E-state index contributed by atoms with van der Waals surface area (Å²) in [5.41, 5.74) is 3.16. The second-order valence-corrected chi connectivity index (χ2v) is 6.47. The lowest BCUT2D eigenvalue weighted by atomic mass is 9.90. The van der Waals surface area contributed by atoms with Gasteiger partial charge in [0.25, 0.3) is 0 Å². The Labute approximate surface area is 122 Å². The molecule has 2 atom stereocenters. The molecule has 20 heavy (non-hydrogen) atoms. The zero-order valence-electron chi connectivity index (χ0n) is 13.0. The fourth-order valence-corrected chi connectivity index (χ4v) is 3.26. The van der Waals surface area contributed by atoms with Gasteiger partial charge in [-0.1, -0.05) is 70.2 Å². The van der Waals surface area contributed by atoms with Crippen LogP contribution in [0.1, 0.15) is 51.2 Å². The number of benzene rings is 1. The van der Waals surface area contributed by atoms with Crippen LogP contribution >= 0.6 is 0 Å². The molecule has 0 radical (unpaired) electrons. The Morgan fingerprint density at radius 2 is 1.90 bits per heavy atom. The average molecular weight is 264 g/mol. The fraction of sp³-hybridized carbons (Fsp3) is 0.400. The third-order valence-corrected chi connectivity index (χ3v) is 4.38. The van der Waals surface area contributed by atoms with Gasteiger partial charge >= 0.3 is 0 Å². The van der Waals surface area contributed by atoms with Crippen molar-refractivity contribution in [2.24, 2.45) is 11.3 Å². The Morgan fingerprint density at radius 3 is 2.70 bits per heavy atom. The van der Waals surface area contributed by atoms with Gasteiger partial charge in [-0.3, -0.25) is 0 Å². The highest BCUT2D eigenvalue weighted by molar-refractivity contribution is 5.63. The van der Waals surface area contributed by atoms with E-state index in [1.165, 1.54) is 22.4 Å². The molecule has 0 heteroatoms. The summed E-state index contributed by atoms with van der Waals surface area (Å²) in [6, 6.07) is 4.79. The maximum Gasteiger partial charge on any atom is 0.00167 e. The Balaban J connectivity index is 0.000000581. The van der Waals surface area contributed by atoms with Crippen LogP contribution in [-0.2, 0) is 0 Å². The summed E-state index contributed by atoms with van der Waals surface area (Å²) in [6.07, 6.45) is 15.2. The molecule has 0 nitrogen and oxygen atoms in total. The molecule has 1 aromatic carbocycles. The topological polar surface area (TPSA) is 0 Å². The Kier molecular flexibility index (Phi) is 3.20. The molecular weight excluding hydrogens is 240 g/mol. The number of allylic oxidation sites excluding steroid dienone is 3. The maximum absolute atomic E-state index is 2.42. The van der Waals surface area contributed by atoms with Crippen LogP contribution in [0.2, 0.25) is 0 Å². The van der Waals surface area contributed by atoms with Crippen molar-refractivity contribution >= 4 is 18.2 Å². The van der Waals surface area contributed by atoms with Gasteiger partial charge in [0.15, 0.2) is 0 Å². The van der Waals surface area contributed by atoms with E-state index in [0.717, 1.165) is 11.8 Å². The largest absolute Gasteiger partial charge is 0.0802 e. The minimum Gasteiger partial charge on any atom is -0.0802 e. The normalized spacial score (nSPS) is 26.6.